The predicted molar refractivity (Wildman–Crippen MR) is 273 cm³/mol. The zero-order valence-electron chi connectivity index (χ0n) is 39.8. The molecular weight excluding hydrogens is 772 g/mol. The van der Waals surface area contributed by atoms with Gasteiger partial charge in [0, 0.05) is 43.3 Å². The Hall–Kier alpha value is -4.06. The quantitative estimate of drug-likeness (QED) is 0.164. The second kappa shape index (κ2) is 13.0. The number of anilines is 6. The van der Waals surface area contributed by atoms with Crippen molar-refractivity contribution in [3.63, 3.8) is 0 Å². The lowest BCUT2D eigenvalue weighted by molar-refractivity contribution is 0.332. The van der Waals surface area contributed by atoms with Crippen LogP contribution in [0.5, 0.6) is 0 Å². The lowest BCUT2D eigenvalue weighted by Crippen LogP contribution is -2.61. The molecule has 0 unspecified atom stereocenters. The average molecular weight is 839 g/mol. The summed E-state index contributed by atoms with van der Waals surface area (Å²) in [6, 6.07) is 34.9. The van der Waals surface area contributed by atoms with Crippen molar-refractivity contribution in [2.75, 3.05) is 9.80 Å². The van der Waals surface area contributed by atoms with E-state index in [9.17, 15) is 0 Å². The molecule has 0 fully saturated rings. The van der Waals surface area contributed by atoms with E-state index in [4.69, 9.17) is 0 Å². The Morgan fingerprint density at radius 3 is 1.59 bits per heavy atom. The Bertz CT molecular complexity index is 2790. The summed E-state index contributed by atoms with van der Waals surface area (Å²) in [6.07, 6.45) is 4.81. The van der Waals surface area contributed by atoms with E-state index in [0.29, 0.717) is 0 Å². The molecule has 1 aromatic heterocycles. The summed E-state index contributed by atoms with van der Waals surface area (Å²) in [5.74, 6) is 0. The second-order valence-corrected chi connectivity index (χ2v) is 30.3. The largest absolute Gasteiger partial charge is 0.311 e. The van der Waals surface area contributed by atoms with Crippen molar-refractivity contribution in [3.05, 3.63) is 118 Å². The van der Waals surface area contributed by atoms with Crippen LogP contribution in [-0.2, 0) is 27.1 Å². The first kappa shape index (κ1) is 41.0. The van der Waals surface area contributed by atoms with Gasteiger partial charge in [-0.05, 0) is 159 Å². The Morgan fingerprint density at radius 1 is 0.574 bits per heavy atom. The van der Waals surface area contributed by atoms with E-state index in [2.05, 4.69) is 209 Å². The number of fused-ring (bicyclic) bond motifs is 8. The van der Waals surface area contributed by atoms with Crippen LogP contribution in [0.2, 0.25) is 19.6 Å². The Kier molecular flexibility index (Phi) is 8.74. The number of nitrogens with zero attached hydrogens (tertiary/aromatic N) is 2. The van der Waals surface area contributed by atoms with E-state index in [1.54, 1.807) is 5.56 Å². The number of hydrogen-bond acceptors (Lipinski definition) is 3. The fourth-order valence-corrected chi connectivity index (χ4v) is 14.0. The van der Waals surface area contributed by atoms with Crippen molar-refractivity contribution in [1.82, 2.24) is 0 Å². The van der Waals surface area contributed by atoms with Crippen molar-refractivity contribution in [2.45, 2.75) is 155 Å². The highest BCUT2D eigenvalue weighted by Gasteiger charge is 2.48. The van der Waals surface area contributed by atoms with E-state index in [1.165, 1.54) is 119 Å². The molecule has 5 aromatic carbocycles. The predicted octanol–water partition coefficient (Wildman–Crippen LogP) is 13.8. The summed E-state index contributed by atoms with van der Waals surface area (Å²) < 4.78 is 2.90. The van der Waals surface area contributed by atoms with E-state index < -0.39 is 8.07 Å². The van der Waals surface area contributed by atoms with E-state index in [-0.39, 0.29) is 33.8 Å². The Labute approximate surface area is 372 Å². The molecule has 0 saturated carbocycles. The molecule has 0 bridgehead atoms. The fraction of sp³-hybridized carbons (Fsp3) is 0.429. The van der Waals surface area contributed by atoms with Crippen LogP contribution in [-0.4, -0.2) is 14.8 Å². The summed E-state index contributed by atoms with van der Waals surface area (Å²) >= 11 is 2.07. The van der Waals surface area contributed by atoms with Gasteiger partial charge in [0.25, 0.3) is 6.71 Å². The molecule has 0 atom stereocenters. The second-order valence-electron chi connectivity index (χ2n) is 24.1. The van der Waals surface area contributed by atoms with Crippen LogP contribution in [0.25, 0.3) is 10.1 Å². The molecule has 314 valence electrons. The lowest BCUT2D eigenvalue weighted by Gasteiger charge is -2.47. The van der Waals surface area contributed by atoms with Crippen molar-refractivity contribution in [3.8, 4) is 0 Å². The molecule has 0 saturated heterocycles. The fourth-order valence-electron chi connectivity index (χ4n) is 11.5. The standard InChI is InChI=1S/C56H67BN2SSi/c1-34-28-46-49-47(29-34)59(37-20-22-38(23-21-37)61(13,14)15)50-39-30-40-43(56(11,12)27-24-53(40,5)6)33-48(39)60-51(50)57(49)44-31-41-42(55(9,10)26-25-54(41,7)8)32-45(44)58(46)36-18-16-35(17-19-36)52(2,3)4/h16-23,28-33H,24-27H2,1-15H3. The molecule has 10 rings (SSSR count). The highest BCUT2D eigenvalue weighted by molar-refractivity contribution is 7.33. The number of rotatable bonds is 3. The average Bonchev–Trinajstić information content (AvgIpc) is 3.55. The van der Waals surface area contributed by atoms with Gasteiger partial charge >= 0.3 is 0 Å². The zero-order valence-corrected chi connectivity index (χ0v) is 41.6. The summed E-state index contributed by atoms with van der Waals surface area (Å²) in [6.45, 7) is 36.6. The van der Waals surface area contributed by atoms with Gasteiger partial charge in [0.05, 0.1) is 13.8 Å². The Morgan fingerprint density at radius 2 is 1.05 bits per heavy atom. The van der Waals surface area contributed by atoms with Crippen LogP contribution in [0, 0.1) is 6.92 Å². The van der Waals surface area contributed by atoms with Crippen molar-refractivity contribution in [1.29, 1.82) is 0 Å². The molecule has 2 nitrogen and oxygen atoms in total. The molecule has 0 amide bonds. The molecule has 2 aliphatic heterocycles. The minimum atomic E-state index is -1.51. The number of benzene rings is 5. The molecule has 2 aliphatic carbocycles. The van der Waals surface area contributed by atoms with Crippen LogP contribution in [0.15, 0.2) is 84.9 Å². The van der Waals surface area contributed by atoms with Gasteiger partial charge in [-0.2, -0.15) is 0 Å². The van der Waals surface area contributed by atoms with Crippen LogP contribution in [0.4, 0.5) is 34.1 Å². The number of hydrogen-bond donors (Lipinski definition) is 0. The maximum atomic E-state index is 2.70. The van der Waals surface area contributed by atoms with Gasteiger partial charge in [-0.25, -0.2) is 0 Å². The maximum absolute atomic E-state index is 2.70. The third kappa shape index (κ3) is 6.21. The minimum Gasteiger partial charge on any atom is -0.311 e. The zero-order chi connectivity index (χ0) is 43.6. The summed E-state index contributed by atoms with van der Waals surface area (Å²) in [7, 11) is -1.51. The van der Waals surface area contributed by atoms with E-state index in [0.717, 1.165) is 0 Å². The van der Waals surface area contributed by atoms with E-state index in [1.807, 2.05) is 0 Å². The third-order valence-corrected chi connectivity index (χ3v) is 19.0. The molecule has 4 aliphatic rings. The van der Waals surface area contributed by atoms with E-state index >= 15 is 0 Å². The van der Waals surface area contributed by atoms with Crippen LogP contribution < -0.4 is 30.7 Å². The van der Waals surface area contributed by atoms with Gasteiger partial charge in [-0.15, -0.1) is 11.3 Å². The molecule has 5 heteroatoms. The number of aryl methyl sites for hydroxylation is 1. The first-order chi connectivity index (χ1) is 28.4. The summed E-state index contributed by atoms with van der Waals surface area (Å²) in [4.78, 5) is 5.34. The summed E-state index contributed by atoms with van der Waals surface area (Å²) in [5.41, 5.74) is 20.1. The molecule has 0 N–H and O–H groups in total. The van der Waals surface area contributed by atoms with Crippen molar-refractivity contribution >= 4 is 91.2 Å². The van der Waals surface area contributed by atoms with Crippen molar-refractivity contribution in [2.24, 2.45) is 0 Å². The van der Waals surface area contributed by atoms with Crippen LogP contribution >= 0.6 is 11.3 Å². The topological polar surface area (TPSA) is 6.48 Å². The van der Waals surface area contributed by atoms with Crippen LogP contribution in [0.3, 0.4) is 0 Å². The molecule has 3 heterocycles. The maximum Gasteiger partial charge on any atom is 0.264 e. The molecule has 6 aromatic rings. The van der Waals surface area contributed by atoms with Gasteiger partial charge < -0.3 is 9.80 Å². The molecule has 0 spiro atoms. The summed E-state index contributed by atoms with van der Waals surface area (Å²) in [5, 5.41) is 2.91. The molecule has 61 heavy (non-hydrogen) atoms. The van der Waals surface area contributed by atoms with Gasteiger partial charge in [-0.1, -0.05) is 131 Å². The Balaban J connectivity index is 1.33. The molecular formula is C56H67BN2SSi. The van der Waals surface area contributed by atoms with Gasteiger partial charge in [0.1, 0.15) is 0 Å². The first-order valence-electron chi connectivity index (χ1n) is 23.1. The first-order valence-corrected chi connectivity index (χ1v) is 27.5. The smallest absolute Gasteiger partial charge is 0.264 e. The van der Waals surface area contributed by atoms with Crippen LogP contribution in [0.1, 0.15) is 135 Å². The highest BCUT2D eigenvalue weighted by atomic mass is 32.1. The SMILES string of the molecule is Cc1cc2c3c(c1)N(c1ccc([Si](C)(C)C)cc1)c1c(sc4cc5c(cc14)C(C)(C)CCC5(C)C)B3c1cc3c(cc1N2c1ccc(C(C)(C)C)cc1)C(C)(C)CCC3(C)C. The number of thiophene rings is 1. The lowest BCUT2D eigenvalue weighted by atomic mass is 9.35. The normalized spacial score (nSPS) is 19.2. The van der Waals surface area contributed by atoms with Gasteiger partial charge in [0.15, 0.2) is 0 Å². The van der Waals surface area contributed by atoms with Gasteiger partial charge in [-0.3, -0.25) is 0 Å². The minimum absolute atomic E-state index is 0.0767. The third-order valence-electron chi connectivity index (χ3n) is 15.7. The van der Waals surface area contributed by atoms with Gasteiger partial charge in [0.2, 0.25) is 0 Å². The van der Waals surface area contributed by atoms with Crippen molar-refractivity contribution < 1.29 is 0 Å². The monoisotopic (exact) mass is 838 g/mol. The highest BCUT2D eigenvalue weighted by Crippen LogP contribution is 2.54. The molecule has 0 radical (unpaired) electrons.